The molecule has 0 aliphatic carbocycles. The van der Waals surface area contributed by atoms with Gasteiger partial charge in [0.1, 0.15) is 5.84 Å². The molecule has 0 spiro atoms. The summed E-state index contributed by atoms with van der Waals surface area (Å²) in [5.74, 6) is -1.04. The van der Waals surface area contributed by atoms with Crippen molar-refractivity contribution in [2.75, 3.05) is 17.2 Å². The number of nitrogens with two attached hydrogens (primary N) is 1. The van der Waals surface area contributed by atoms with Crippen molar-refractivity contribution >= 4 is 29.1 Å². The molecule has 1 aliphatic rings. The molecular weight excluding hydrogens is 404 g/mol. The first-order valence-electron chi connectivity index (χ1n) is 10.3. The lowest BCUT2D eigenvalue weighted by Crippen LogP contribution is -2.12. The molecular formula is C25H24N4O3. The van der Waals surface area contributed by atoms with Crippen LogP contribution in [0.25, 0.3) is 11.1 Å². The molecule has 7 heteroatoms. The van der Waals surface area contributed by atoms with Crippen LogP contribution in [0.3, 0.4) is 0 Å². The highest BCUT2D eigenvalue weighted by atomic mass is 16.4. The number of nitrogens with one attached hydrogen (secondary N) is 3. The Bertz CT molecular complexity index is 1240. The zero-order valence-electron chi connectivity index (χ0n) is 17.6. The van der Waals surface area contributed by atoms with Crippen molar-refractivity contribution in [2.45, 2.75) is 19.3 Å². The molecule has 6 N–H and O–H groups in total. The number of carbonyl (C=O) groups excluding carboxylic acids is 1. The number of anilines is 2. The van der Waals surface area contributed by atoms with Crippen molar-refractivity contribution in [3.63, 3.8) is 0 Å². The lowest BCUT2D eigenvalue weighted by atomic mass is 9.87. The molecule has 4 rings (SSSR count). The maximum atomic E-state index is 11.9. The largest absolute Gasteiger partial charge is 0.478 e. The molecule has 1 amide bonds. The van der Waals surface area contributed by atoms with Crippen LogP contribution in [-0.4, -0.2) is 29.4 Å². The Balaban J connectivity index is 1.78. The van der Waals surface area contributed by atoms with Gasteiger partial charge in [0.25, 0.3) is 0 Å². The predicted molar refractivity (Wildman–Crippen MR) is 126 cm³/mol. The van der Waals surface area contributed by atoms with E-state index in [-0.39, 0.29) is 23.2 Å². The van der Waals surface area contributed by atoms with Gasteiger partial charge in [-0.05, 0) is 65.1 Å². The normalized spacial score (nSPS) is 14.3. The van der Waals surface area contributed by atoms with Crippen molar-refractivity contribution in [3.05, 3.63) is 82.9 Å². The topological polar surface area (TPSA) is 128 Å². The second-order valence-electron chi connectivity index (χ2n) is 7.90. The molecule has 1 atom stereocenters. The van der Waals surface area contributed by atoms with Crippen LogP contribution in [0.2, 0.25) is 0 Å². The minimum absolute atomic E-state index is 0.0224. The number of amidine groups is 1. The van der Waals surface area contributed by atoms with Crippen molar-refractivity contribution in [1.29, 1.82) is 5.41 Å². The summed E-state index contributed by atoms with van der Waals surface area (Å²) in [7, 11) is 0. The molecule has 0 radical (unpaired) electrons. The van der Waals surface area contributed by atoms with Crippen LogP contribution in [0.4, 0.5) is 11.4 Å². The lowest BCUT2D eigenvalue weighted by molar-refractivity contribution is -0.114. The highest BCUT2D eigenvalue weighted by Crippen LogP contribution is 2.38. The summed E-state index contributed by atoms with van der Waals surface area (Å²) in [5, 5.41) is 23.6. The van der Waals surface area contributed by atoms with E-state index >= 15 is 0 Å². The van der Waals surface area contributed by atoms with Crippen LogP contribution in [0.15, 0.2) is 60.7 Å². The van der Waals surface area contributed by atoms with Crippen molar-refractivity contribution in [2.24, 2.45) is 5.73 Å². The molecule has 32 heavy (non-hydrogen) atoms. The number of hydrogen-bond donors (Lipinski definition) is 5. The zero-order chi connectivity index (χ0) is 22.8. The molecule has 162 valence electrons. The fourth-order valence-corrected chi connectivity index (χ4v) is 4.21. The third kappa shape index (κ3) is 4.18. The molecule has 3 aromatic rings. The zero-order valence-corrected chi connectivity index (χ0v) is 17.6. The van der Waals surface area contributed by atoms with Gasteiger partial charge < -0.3 is 21.5 Å². The van der Waals surface area contributed by atoms with Crippen LogP contribution < -0.4 is 16.4 Å². The number of fused-ring (bicyclic) bond motifs is 1. The Kier molecular flexibility index (Phi) is 5.64. The van der Waals surface area contributed by atoms with Gasteiger partial charge in [0, 0.05) is 36.3 Å². The van der Waals surface area contributed by atoms with Gasteiger partial charge in [0.05, 0.1) is 5.56 Å². The van der Waals surface area contributed by atoms with Crippen LogP contribution in [0.5, 0.6) is 0 Å². The number of aromatic carboxylic acids is 1. The standard InChI is InChI=1S/C25H24N4O3/c1-14(30)29-18-8-6-15(21(12-18)19-4-2-3-5-20(19)25(31)32)10-17-13-28-23-9-7-16(24(26)27)11-22(17)23/h2-9,11-12,17,28H,10,13H2,1H3,(H3,26,27)(H,29,30)(H,31,32). The van der Waals surface area contributed by atoms with Gasteiger partial charge in [-0.3, -0.25) is 10.2 Å². The first-order valence-corrected chi connectivity index (χ1v) is 10.3. The minimum atomic E-state index is -1.00. The van der Waals surface area contributed by atoms with E-state index in [1.165, 1.54) is 6.92 Å². The van der Waals surface area contributed by atoms with E-state index in [0.29, 0.717) is 23.2 Å². The van der Waals surface area contributed by atoms with Gasteiger partial charge in [-0.2, -0.15) is 0 Å². The molecule has 0 aromatic heterocycles. The number of rotatable bonds is 6. The number of benzene rings is 3. The average Bonchev–Trinajstić information content (AvgIpc) is 3.16. The van der Waals surface area contributed by atoms with Crippen LogP contribution >= 0.6 is 0 Å². The number of carbonyl (C=O) groups is 2. The maximum absolute atomic E-state index is 11.9. The molecule has 1 heterocycles. The number of hydrogen-bond acceptors (Lipinski definition) is 4. The smallest absolute Gasteiger partial charge is 0.336 e. The van der Waals surface area contributed by atoms with Crippen LogP contribution in [0, 0.1) is 5.41 Å². The summed E-state index contributed by atoms with van der Waals surface area (Å²) >= 11 is 0. The summed E-state index contributed by atoms with van der Waals surface area (Å²) in [4.78, 5) is 23.4. The molecule has 1 unspecified atom stereocenters. The average molecular weight is 428 g/mol. The molecule has 0 fully saturated rings. The van der Waals surface area contributed by atoms with Crippen molar-refractivity contribution < 1.29 is 14.7 Å². The Labute approximate surface area is 185 Å². The fraction of sp³-hybridized carbons (Fsp3) is 0.160. The molecule has 7 nitrogen and oxygen atoms in total. The summed E-state index contributed by atoms with van der Waals surface area (Å²) in [6.45, 7) is 2.16. The highest BCUT2D eigenvalue weighted by Gasteiger charge is 2.25. The SMILES string of the molecule is CC(=O)Nc1ccc(CC2CNc3ccc(C(=N)N)cc32)c(-c2ccccc2C(=O)O)c1. The van der Waals surface area contributed by atoms with E-state index in [9.17, 15) is 14.7 Å². The van der Waals surface area contributed by atoms with Gasteiger partial charge in [-0.25, -0.2) is 4.79 Å². The summed E-state index contributed by atoms with van der Waals surface area (Å²) in [6.07, 6.45) is 0.658. The molecule has 0 saturated carbocycles. The number of amides is 1. The third-order valence-corrected chi connectivity index (χ3v) is 5.69. The highest BCUT2D eigenvalue weighted by molar-refractivity contribution is 5.98. The molecule has 1 aliphatic heterocycles. The molecule has 0 bridgehead atoms. The van der Waals surface area contributed by atoms with E-state index in [1.807, 2.05) is 42.5 Å². The summed E-state index contributed by atoms with van der Waals surface area (Å²) in [5.41, 5.74) is 11.6. The lowest BCUT2D eigenvalue weighted by Gasteiger charge is -2.18. The predicted octanol–water partition coefficient (Wildman–Crippen LogP) is 4.05. The van der Waals surface area contributed by atoms with E-state index < -0.39 is 5.97 Å². The minimum Gasteiger partial charge on any atom is -0.478 e. The van der Waals surface area contributed by atoms with E-state index in [2.05, 4.69) is 10.6 Å². The third-order valence-electron chi connectivity index (χ3n) is 5.69. The maximum Gasteiger partial charge on any atom is 0.336 e. The Hall–Kier alpha value is -4.13. The first kappa shape index (κ1) is 21.1. The molecule has 3 aromatic carbocycles. The Morgan fingerprint density at radius 3 is 2.62 bits per heavy atom. The Morgan fingerprint density at radius 1 is 1.12 bits per heavy atom. The quantitative estimate of drug-likeness (QED) is 0.299. The van der Waals surface area contributed by atoms with Crippen molar-refractivity contribution in [3.8, 4) is 11.1 Å². The second-order valence-corrected chi connectivity index (χ2v) is 7.90. The summed E-state index contributed by atoms with van der Waals surface area (Å²) in [6, 6.07) is 18.2. The van der Waals surface area contributed by atoms with Crippen molar-refractivity contribution in [1.82, 2.24) is 0 Å². The van der Waals surface area contributed by atoms with Gasteiger partial charge >= 0.3 is 5.97 Å². The number of nitrogen functional groups attached to an aromatic ring is 1. The Morgan fingerprint density at radius 2 is 1.91 bits per heavy atom. The van der Waals surface area contributed by atoms with Crippen LogP contribution in [0.1, 0.15) is 39.9 Å². The fourth-order valence-electron chi connectivity index (χ4n) is 4.21. The van der Waals surface area contributed by atoms with Gasteiger partial charge in [-0.1, -0.05) is 24.3 Å². The number of carboxylic acid groups (broad SMARTS) is 1. The second kappa shape index (κ2) is 8.55. The van der Waals surface area contributed by atoms with Crippen LogP contribution in [-0.2, 0) is 11.2 Å². The van der Waals surface area contributed by atoms with E-state index in [0.717, 1.165) is 28.9 Å². The van der Waals surface area contributed by atoms with Gasteiger partial charge in [-0.15, -0.1) is 0 Å². The van der Waals surface area contributed by atoms with Gasteiger partial charge in [0.15, 0.2) is 0 Å². The van der Waals surface area contributed by atoms with E-state index in [1.54, 1.807) is 18.2 Å². The molecule has 0 saturated heterocycles. The van der Waals surface area contributed by atoms with E-state index in [4.69, 9.17) is 11.1 Å². The summed E-state index contributed by atoms with van der Waals surface area (Å²) < 4.78 is 0. The first-order chi connectivity index (χ1) is 15.3. The monoisotopic (exact) mass is 428 g/mol. The van der Waals surface area contributed by atoms with Gasteiger partial charge in [0.2, 0.25) is 5.91 Å². The number of carboxylic acids is 1.